The third kappa shape index (κ3) is 3.08. The standard InChI is InChI=1S/C17H17BrN6O2S/c1-9-12(18)8-23(21-9)10(2)16-22-24-15(19-20-17(24)27-16)11-5-6-13(25-3)14(7-11)26-4/h5-8,10H,1-4H3/t10-/m0/s1. The van der Waals surface area contributed by atoms with E-state index in [1.54, 1.807) is 18.7 Å². The Morgan fingerprint density at radius 2 is 1.89 bits per heavy atom. The molecule has 140 valence electrons. The predicted octanol–water partition coefficient (Wildman–Crippen LogP) is 3.75. The molecule has 0 N–H and O–H groups in total. The van der Waals surface area contributed by atoms with Crippen LogP contribution in [0.1, 0.15) is 23.7 Å². The van der Waals surface area contributed by atoms with E-state index in [0.717, 1.165) is 25.7 Å². The van der Waals surface area contributed by atoms with Crippen LogP contribution < -0.4 is 9.47 Å². The van der Waals surface area contributed by atoms with E-state index in [-0.39, 0.29) is 6.04 Å². The molecule has 0 amide bonds. The van der Waals surface area contributed by atoms with Crippen molar-refractivity contribution < 1.29 is 9.47 Å². The maximum atomic E-state index is 5.39. The average Bonchev–Trinajstić information content (AvgIpc) is 3.35. The second-order valence-corrected chi connectivity index (χ2v) is 7.79. The molecule has 3 aromatic heterocycles. The highest BCUT2D eigenvalue weighted by Gasteiger charge is 2.20. The van der Waals surface area contributed by atoms with Gasteiger partial charge in [-0.3, -0.25) is 4.68 Å². The summed E-state index contributed by atoms with van der Waals surface area (Å²) in [6, 6.07) is 5.61. The minimum absolute atomic E-state index is 0.0139. The summed E-state index contributed by atoms with van der Waals surface area (Å²) in [6.45, 7) is 4.02. The SMILES string of the molecule is COc1ccc(-c2nnc3sc([C@H](C)n4cc(Br)c(C)n4)nn23)cc1OC. The lowest BCUT2D eigenvalue weighted by molar-refractivity contribution is 0.355. The molecular formula is C17H17BrN6O2S. The lowest BCUT2D eigenvalue weighted by Gasteiger charge is -2.08. The molecule has 27 heavy (non-hydrogen) atoms. The van der Waals surface area contributed by atoms with Gasteiger partial charge < -0.3 is 9.47 Å². The largest absolute Gasteiger partial charge is 0.493 e. The first-order valence-electron chi connectivity index (χ1n) is 8.17. The van der Waals surface area contributed by atoms with Crippen LogP contribution in [0.4, 0.5) is 0 Å². The van der Waals surface area contributed by atoms with E-state index in [4.69, 9.17) is 14.6 Å². The molecule has 0 saturated carbocycles. The number of hydrogen-bond acceptors (Lipinski definition) is 7. The molecule has 4 rings (SSSR count). The van der Waals surface area contributed by atoms with E-state index in [1.165, 1.54) is 11.3 Å². The molecular weight excluding hydrogens is 432 g/mol. The number of halogens is 1. The van der Waals surface area contributed by atoms with E-state index in [0.29, 0.717) is 17.3 Å². The fraction of sp³-hybridized carbons (Fsp3) is 0.294. The summed E-state index contributed by atoms with van der Waals surface area (Å²) in [5.74, 6) is 1.94. The van der Waals surface area contributed by atoms with Crippen molar-refractivity contribution in [2.24, 2.45) is 0 Å². The molecule has 0 aliphatic heterocycles. The van der Waals surface area contributed by atoms with Gasteiger partial charge in [0, 0.05) is 11.8 Å². The number of aryl methyl sites for hydroxylation is 1. The summed E-state index contributed by atoms with van der Waals surface area (Å²) in [4.78, 5) is 0.726. The fourth-order valence-electron chi connectivity index (χ4n) is 2.73. The number of fused-ring (bicyclic) bond motifs is 1. The van der Waals surface area contributed by atoms with Gasteiger partial charge in [0.2, 0.25) is 4.96 Å². The summed E-state index contributed by atoms with van der Waals surface area (Å²) in [6.07, 6.45) is 1.96. The summed E-state index contributed by atoms with van der Waals surface area (Å²) in [5.41, 5.74) is 1.79. The van der Waals surface area contributed by atoms with Crippen LogP contribution in [0.15, 0.2) is 28.9 Å². The number of nitrogens with zero attached hydrogens (tertiary/aromatic N) is 6. The molecule has 0 bridgehead atoms. The highest BCUT2D eigenvalue weighted by molar-refractivity contribution is 9.10. The molecule has 1 atom stereocenters. The summed E-state index contributed by atoms with van der Waals surface area (Å²) < 4.78 is 15.3. The molecule has 0 aliphatic carbocycles. The van der Waals surface area contributed by atoms with Crippen LogP contribution >= 0.6 is 27.3 Å². The summed E-state index contributed by atoms with van der Waals surface area (Å²) >= 11 is 5.00. The third-order valence-corrected chi connectivity index (χ3v) is 6.11. The minimum Gasteiger partial charge on any atom is -0.493 e. The smallest absolute Gasteiger partial charge is 0.235 e. The van der Waals surface area contributed by atoms with Crippen molar-refractivity contribution >= 4 is 32.2 Å². The zero-order valence-corrected chi connectivity index (χ0v) is 17.6. The van der Waals surface area contributed by atoms with Crippen LogP contribution in [0.25, 0.3) is 16.3 Å². The number of hydrogen-bond donors (Lipinski definition) is 0. The molecule has 0 saturated heterocycles. The van der Waals surface area contributed by atoms with Gasteiger partial charge in [0.25, 0.3) is 0 Å². The Morgan fingerprint density at radius 1 is 1.11 bits per heavy atom. The molecule has 3 heterocycles. The van der Waals surface area contributed by atoms with Crippen LogP contribution in [-0.4, -0.2) is 43.8 Å². The lowest BCUT2D eigenvalue weighted by atomic mass is 10.2. The Bertz CT molecular complexity index is 1100. The maximum Gasteiger partial charge on any atom is 0.235 e. The van der Waals surface area contributed by atoms with E-state index in [9.17, 15) is 0 Å². The first kappa shape index (κ1) is 17.9. The van der Waals surface area contributed by atoms with Crippen LogP contribution in [0, 0.1) is 6.92 Å². The molecule has 0 aliphatic rings. The number of ether oxygens (including phenoxy) is 2. The Morgan fingerprint density at radius 3 is 2.56 bits per heavy atom. The second-order valence-electron chi connectivity index (χ2n) is 5.95. The minimum atomic E-state index is -0.0139. The topological polar surface area (TPSA) is 79.4 Å². The van der Waals surface area contributed by atoms with E-state index in [2.05, 4.69) is 38.1 Å². The van der Waals surface area contributed by atoms with Gasteiger partial charge in [0.1, 0.15) is 11.0 Å². The quantitative estimate of drug-likeness (QED) is 0.462. The van der Waals surface area contributed by atoms with Gasteiger partial charge in [-0.1, -0.05) is 11.3 Å². The number of rotatable bonds is 5. The summed E-state index contributed by atoms with van der Waals surface area (Å²) in [5, 5.41) is 18.7. The molecule has 10 heteroatoms. The van der Waals surface area contributed by atoms with Crippen molar-refractivity contribution in [1.82, 2.24) is 29.6 Å². The van der Waals surface area contributed by atoms with Crippen molar-refractivity contribution in [2.45, 2.75) is 19.9 Å². The first-order valence-corrected chi connectivity index (χ1v) is 9.78. The average molecular weight is 449 g/mol. The van der Waals surface area contributed by atoms with Gasteiger partial charge in [0.15, 0.2) is 17.3 Å². The van der Waals surface area contributed by atoms with Gasteiger partial charge >= 0.3 is 0 Å². The molecule has 0 radical (unpaired) electrons. The Hall–Kier alpha value is -2.46. The second kappa shape index (κ2) is 6.93. The summed E-state index contributed by atoms with van der Waals surface area (Å²) in [7, 11) is 3.21. The molecule has 0 spiro atoms. The van der Waals surface area contributed by atoms with Crippen LogP contribution in [0.3, 0.4) is 0 Å². The fourth-order valence-corrected chi connectivity index (χ4v) is 3.90. The number of benzene rings is 1. The van der Waals surface area contributed by atoms with Crippen LogP contribution in [0.5, 0.6) is 11.5 Å². The van der Waals surface area contributed by atoms with Crippen molar-refractivity contribution in [2.75, 3.05) is 14.2 Å². The van der Waals surface area contributed by atoms with Gasteiger partial charge in [-0.25, -0.2) is 0 Å². The molecule has 0 unspecified atom stereocenters. The lowest BCUT2D eigenvalue weighted by Crippen LogP contribution is -2.08. The highest BCUT2D eigenvalue weighted by atomic mass is 79.9. The van der Waals surface area contributed by atoms with Crippen molar-refractivity contribution in [3.63, 3.8) is 0 Å². The Balaban J connectivity index is 1.74. The van der Waals surface area contributed by atoms with E-state index in [1.807, 2.05) is 36.0 Å². The van der Waals surface area contributed by atoms with E-state index < -0.39 is 0 Å². The monoisotopic (exact) mass is 448 g/mol. The third-order valence-electron chi connectivity index (χ3n) is 4.26. The molecule has 1 aromatic carbocycles. The van der Waals surface area contributed by atoms with Crippen molar-refractivity contribution in [1.29, 1.82) is 0 Å². The molecule has 0 fully saturated rings. The van der Waals surface area contributed by atoms with E-state index >= 15 is 0 Å². The highest BCUT2D eigenvalue weighted by Crippen LogP contribution is 2.33. The van der Waals surface area contributed by atoms with Crippen molar-refractivity contribution in [3.05, 3.63) is 39.6 Å². The van der Waals surface area contributed by atoms with Gasteiger partial charge in [-0.2, -0.15) is 14.7 Å². The zero-order chi connectivity index (χ0) is 19.1. The molecule has 8 nitrogen and oxygen atoms in total. The van der Waals surface area contributed by atoms with Crippen LogP contribution in [-0.2, 0) is 0 Å². The van der Waals surface area contributed by atoms with Gasteiger partial charge in [0.05, 0.1) is 24.4 Å². The van der Waals surface area contributed by atoms with Crippen LogP contribution in [0.2, 0.25) is 0 Å². The van der Waals surface area contributed by atoms with Gasteiger partial charge in [-0.15, -0.1) is 10.2 Å². The Kier molecular flexibility index (Phi) is 4.60. The number of methoxy groups -OCH3 is 2. The predicted molar refractivity (Wildman–Crippen MR) is 106 cm³/mol. The molecule has 4 aromatic rings. The first-order chi connectivity index (χ1) is 13.0. The normalized spacial score (nSPS) is 12.5. The maximum absolute atomic E-state index is 5.39. The zero-order valence-electron chi connectivity index (χ0n) is 15.2. The van der Waals surface area contributed by atoms with Crippen molar-refractivity contribution in [3.8, 4) is 22.9 Å². The number of aromatic nitrogens is 6. The van der Waals surface area contributed by atoms with Gasteiger partial charge in [-0.05, 0) is 48.0 Å². The Labute approximate surface area is 167 Å².